The summed E-state index contributed by atoms with van der Waals surface area (Å²) >= 11 is 8.06. The average Bonchev–Trinajstić information content (AvgIpc) is 3.02. The molecule has 2 aromatic rings. The fraction of sp³-hybridized carbons (Fsp3) is 0.545. The van der Waals surface area contributed by atoms with E-state index in [9.17, 15) is 9.18 Å². The van der Waals surface area contributed by atoms with Crippen LogP contribution in [0.5, 0.6) is 0 Å². The smallest absolute Gasteiger partial charge is 0.239 e. The molecule has 0 aromatic heterocycles. The molecule has 43 heavy (non-hydrogen) atoms. The quantitative estimate of drug-likeness (QED) is 0.340. The summed E-state index contributed by atoms with van der Waals surface area (Å²) in [5.74, 6) is 1.04. The maximum Gasteiger partial charge on any atom is 0.239 e. The number of halogens is 3. The maximum absolute atomic E-state index is 13.7. The van der Waals surface area contributed by atoms with Gasteiger partial charge in [-0.1, -0.05) is 36.7 Å². The van der Waals surface area contributed by atoms with Gasteiger partial charge in [-0.15, -0.1) is 24.2 Å². The Morgan fingerprint density at radius 1 is 1.07 bits per heavy atom. The summed E-state index contributed by atoms with van der Waals surface area (Å²) in [7, 11) is 0. The number of carbonyl (C=O) groups is 1. The van der Waals surface area contributed by atoms with Crippen LogP contribution in [-0.2, 0) is 17.8 Å². The molecule has 0 unspecified atom stereocenters. The van der Waals surface area contributed by atoms with Gasteiger partial charge in [-0.25, -0.2) is 4.39 Å². The first kappa shape index (κ1) is 34.2. The average molecular weight is 651 g/mol. The van der Waals surface area contributed by atoms with Crippen LogP contribution in [0.1, 0.15) is 42.9 Å². The molecule has 0 aliphatic carbocycles. The molecule has 1 atom stereocenters. The first-order valence-electron chi connectivity index (χ1n) is 15.5. The minimum Gasteiger partial charge on any atom is -0.339 e. The molecule has 10 heteroatoms. The Balaban J connectivity index is 0.00000423. The van der Waals surface area contributed by atoms with E-state index in [1.165, 1.54) is 16.7 Å². The van der Waals surface area contributed by atoms with Gasteiger partial charge in [-0.3, -0.25) is 9.69 Å². The molecule has 3 aliphatic rings. The highest BCUT2D eigenvalue weighted by Crippen LogP contribution is 2.28. The Morgan fingerprint density at radius 2 is 1.84 bits per heavy atom. The van der Waals surface area contributed by atoms with Gasteiger partial charge in [0, 0.05) is 55.7 Å². The highest BCUT2D eigenvalue weighted by molar-refractivity contribution is 7.99. The Labute approximate surface area is 272 Å². The van der Waals surface area contributed by atoms with Crippen molar-refractivity contribution in [2.24, 2.45) is 11.7 Å². The highest BCUT2D eigenvalue weighted by Gasteiger charge is 2.33. The Morgan fingerprint density at radius 3 is 2.53 bits per heavy atom. The molecule has 0 saturated carbocycles. The molecule has 5 rings (SSSR count). The van der Waals surface area contributed by atoms with Gasteiger partial charge in [-0.05, 0) is 104 Å². The normalized spacial score (nSPS) is 19.5. The standard InChI is InChI=1S/C33H45ClFN5OS.ClH/c1-2-42-31-22-29(35)5-3-27(31)23-39-17-19-40(20-18-39)33(41)32(36)25-9-14-38(15-10-25)16-11-26-21-28(34)4-6-30(26)24-7-12-37-13-8-24;/h3-7,21-22,25,32,37H,2,8-20,23,36H2,1H3;1H/t32-;/m1./s1. The third-order valence-electron chi connectivity index (χ3n) is 9.01. The van der Waals surface area contributed by atoms with Crippen LogP contribution >= 0.6 is 35.8 Å². The number of nitrogens with zero attached hydrogens (tertiary/aromatic N) is 3. The fourth-order valence-electron chi connectivity index (χ4n) is 6.49. The molecule has 2 fully saturated rings. The molecule has 6 nitrogen and oxygen atoms in total. The highest BCUT2D eigenvalue weighted by atomic mass is 35.5. The number of carbonyl (C=O) groups excluding carboxylic acids is 1. The predicted octanol–water partition coefficient (Wildman–Crippen LogP) is 5.32. The van der Waals surface area contributed by atoms with Crippen molar-refractivity contribution in [3.8, 4) is 0 Å². The van der Waals surface area contributed by atoms with Crippen molar-refractivity contribution in [1.29, 1.82) is 0 Å². The third-order valence-corrected chi connectivity index (χ3v) is 10.2. The van der Waals surface area contributed by atoms with Gasteiger partial charge in [0.2, 0.25) is 5.91 Å². The Bertz CT molecular complexity index is 1250. The molecule has 3 N–H and O–H groups in total. The monoisotopic (exact) mass is 649 g/mol. The van der Waals surface area contributed by atoms with Crippen LogP contribution in [0.15, 0.2) is 47.4 Å². The van der Waals surface area contributed by atoms with Crippen molar-refractivity contribution in [2.75, 3.05) is 64.7 Å². The number of hydrogen-bond acceptors (Lipinski definition) is 6. The van der Waals surface area contributed by atoms with Gasteiger partial charge in [0.1, 0.15) is 5.82 Å². The maximum atomic E-state index is 13.7. The van der Waals surface area contributed by atoms with Crippen LogP contribution in [0, 0.1) is 11.7 Å². The van der Waals surface area contributed by atoms with E-state index >= 15 is 0 Å². The van der Waals surface area contributed by atoms with Crippen molar-refractivity contribution in [2.45, 2.75) is 50.1 Å². The zero-order valence-corrected chi connectivity index (χ0v) is 27.6. The van der Waals surface area contributed by atoms with E-state index in [-0.39, 0.29) is 30.0 Å². The molecule has 0 radical (unpaired) electrons. The predicted molar refractivity (Wildman–Crippen MR) is 180 cm³/mol. The van der Waals surface area contributed by atoms with E-state index in [0.717, 1.165) is 99.3 Å². The second-order valence-electron chi connectivity index (χ2n) is 11.7. The van der Waals surface area contributed by atoms with E-state index in [1.54, 1.807) is 23.9 Å². The Hall–Kier alpha value is -1.65. The van der Waals surface area contributed by atoms with Gasteiger partial charge < -0.3 is 20.9 Å². The number of thioether (sulfide) groups is 1. The van der Waals surface area contributed by atoms with Gasteiger partial charge in [-0.2, -0.15) is 0 Å². The van der Waals surface area contributed by atoms with Gasteiger partial charge in [0.25, 0.3) is 0 Å². The van der Waals surface area contributed by atoms with Crippen molar-refractivity contribution < 1.29 is 9.18 Å². The van der Waals surface area contributed by atoms with Gasteiger partial charge >= 0.3 is 0 Å². The number of likely N-dealkylation sites (tertiary alicyclic amines) is 1. The summed E-state index contributed by atoms with van der Waals surface area (Å²) < 4.78 is 13.7. The van der Waals surface area contributed by atoms with E-state index < -0.39 is 6.04 Å². The molecule has 0 spiro atoms. The number of piperazine rings is 1. The van der Waals surface area contributed by atoms with Gasteiger partial charge in [0.15, 0.2) is 0 Å². The number of rotatable bonds is 10. The van der Waals surface area contributed by atoms with Crippen LogP contribution in [-0.4, -0.2) is 91.3 Å². The summed E-state index contributed by atoms with van der Waals surface area (Å²) in [5, 5.41) is 4.19. The van der Waals surface area contributed by atoms with Crippen molar-refractivity contribution in [1.82, 2.24) is 20.0 Å². The molecular weight excluding hydrogens is 604 g/mol. The summed E-state index contributed by atoms with van der Waals surface area (Å²) in [6, 6.07) is 10.9. The van der Waals surface area contributed by atoms with Crippen LogP contribution < -0.4 is 11.1 Å². The van der Waals surface area contributed by atoms with Crippen LogP contribution in [0.2, 0.25) is 5.02 Å². The first-order valence-corrected chi connectivity index (χ1v) is 16.9. The van der Waals surface area contributed by atoms with Crippen molar-refractivity contribution in [3.05, 3.63) is 70.0 Å². The van der Waals surface area contributed by atoms with Crippen LogP contribution in [0.4, 0.5) is 4.39 Å². The third kappa shape index (κ3) is 9.19. The molecule has 2 saturated heterocycles. The number of piperidine rings is 1. The number of nitrogens with two attached hydrogens (primary N) is 1. The SMILES string of the molecule is CCSc1cc(F)ccc1CN1CCN(C(=O)[C@H](N)C2CCN(CCc3cc(Cl)ccc3C3=CCNCC3)CC2)CC1.Cl. The zero-order valence-electron chi connectivity index (χ0n) is 25.2. The topological polar surface area (TPSA) is 64.8 Å². The second kappa shape index (κ2) is 16.6. The summed E-state index contributed by atoms with van der Waals surface area (Å²) in [6.45, 7) is 10.7. The molecule has 2 aromatic carbocycles. The molecule has 3 aliphatic heterocycles. The van der Waals surface area contributed by atoms with E-state index in [2.05, 4.69) is 40.2 Å². The lowest BCUT2D eigenvalue weighted by Crippen LogP contribution is -2.55. The lowest BCUT2D eigenvalue weighted by atomic mass is 9.88. The van der Waals surface area contributed by atoms with Crippen molar-refractivity contribution in [3.63, 3.8) is 0 Å². The van der Waals surface area contributed by atoms with Crippen LogP contribution in [0.3, 0.4) is 0 Å². The van der Waals surface area contributed by atoms with E-state index in [0.29, 0.717) is 13.1 Å². The van der Waals surface area contributed by atoms with E-state index in [4.69, 9.17) is 17.3 Å². The summed E-state index contributed by atoms with van der Waals surface area (Å²) in [5.41, 5.74) is 11.8. The molecular formula is C33H46Cl2FN5OS. The summed E-state index contributed by atoms with van der Waals surface area (Å²) in [6.07, 6.45) is 6.22. The molecule has 3 heterocycles. The van der Waals surface area contributed by atoms with Crippen molar-refractivity contribution >= 4 is 47.3 Å². The number of hydrogen-bond donors (Lipinski definition) is 2. The number of amides is 1. The first-order chi connectivity index (χ1) is 20.4. The lowest BCUT2D eigenvalue weighted by Gasteiger charge is -2.39. The summed E-state index contributed by atoms with van der Waals surface area (Å²) in [4.78, 5) is 21.2. The fourth-order valence-corrected chi connectivity index (χ4v) is 7.51. The second-order valence-corrected chi connectivity index (χ2v) is 13.5. The zero-order chi connectivity index (χ0) is 29.5. The largest absolute Gasteiger partial charge is 0.339 e. The lowest BCUT2D eigenvalue weighted by molar-refractivity contribution is -0.136. The Kier molecular flexibility index (Phi) is 13.2. The molecule has 1 amide bonds. The number of benzene rings is 2. The number of nitrogens with one attached hydrogen (secondary N) is 1. The van der Waals surface area contributed by atoms with Gasteiger partial charge in [0.05, 0.1) is 6.04 Å². The minimum atomic E-state index is -0.435. The van der Waals surface area contributed by atoms with Crippen LogP contribution in [0.25, 0.3) is 5.57 Å². The minimum absolute atomic E-state index is 0. The molecule has 236 valence electrons. The molecule has 0 bridgehead atoms. The van der Waals surface area contributed by atoms with E-state index in [1.807, 2.05) is 17.0 Å².